The molecule has 0 aliphatic rings. The minimum Gasteiger partial charge on any atom is -0.494 e. The molecule has 0 N–H and O–H groups in total. The average Bonchev–Trinajstić information content (AvgIpc) is 2.51. The van der Waals surface area contributed by atoms with Crippen LogP contribution in [-0.2, 0) is 19.1 Å². The Morgan fingerprint density at radius 1 is 1.05 bits per heavy atom. The lowest BCUT2D eigenvalue weighted by atomic mass is 10.1. The molecule has 0 aliphatic heterocycles. The summed E-state index contributed by atoms with van der Waals surface area (Å²) < 4.78 is 34.0. The number of ketones is 1. The minimum atomic E-state index is -3.90. The topological polar surface area (TPSA) is 69.7 Å². The summed E-state index contributed by atoms with van der Waals surface area (Å²) in [6.07, 6.45) is 4.29. The van der Waals surface area contributed by atoms with Crippen LogP contribution in [0.2, 0.25) is 0 Å². The normalized spacial score (nSPS) is 11.4. The van der Waals surface area contributed by atoms with Crippen molar-refractivity contribution in [1.29, 1.82) is 0 Å². The molecule has 22 heavy (non-hydrogen) atoms. The van der Waals surface area contributed by atoms with E-state index >= 15 is 0 Å². The number of unbranched alkanes of at least 4 members (excludes halogenated alkanes) is 3. The third-order valence-electron chi connectivity index (χ3n) is 3.11. The van der Waals surface area contributed by atoms with Crippen LogP contribution in [0, 0.1) is 0 Å². The fourth-order valence-electron chi connectivity index (χ4n) is 1.90. The molecular weight excluding hydrogens is 304 g/mol. The van der Waals surface area contributed by atoms with E-state index in [9.17, 15) is 13.2 Å². The van der Waals surface area contributed by atoms with Gasteiger partial charge in [0.2, 0.25) is 0 Å². The highest BCUT2D eigenvalue weighted by atomic mass is 32.2. The van der Waals surface area contributed by atoms with Crippen LogP contribution in [0.3, 0.4) is 0 Å². The fraction of sp³-hybridized carbons (Fsp3) is 0.562. The molecule has 0 aliphatic carbocycles. The van der Waals surface area contributed by atoms with Crippen LogP contribution in [-0.4, -0.2) is 27.4 Å². The van der Waals surface area contributed by atoms with Crippen LogP contribution < -0.4 is 4.74 Å². The molecular formula is C16H24O5S. The van der Waals surface area contributed by atoms with E-state index in [0.717, 1.165) is 25.7 Å². The first-order valence-electron chi connectivity index (χ1n) is 7.63. The summed E-state index contributed by atoms with van der Waals surface area (Å²) >= 11 is 0. The van der Waals surface area contributed by atoms with E-state index in [1.807, 2.05) is 6.92 Å². The monoisotopic (exact) mass is 328 g/mol. The largest absolute Gasteiger partial charge is 0.494 e. The molecule has 124 valence electrons. The van der Waals surface area contributed by atoms with Crippen molar-refractivity contribution in [2.75, 3.05) is 13.2 Å². The molecule has 0 saturated carbocycles. The fourth-order valence-corrected chi connectivity index (χ4v) is 2.79. The second kappa shape index (κ2) is 9.58. The van der Waals surface area contributed by atoms with Crippen LogP contribution in [0.15, 0.2) is 29.2 Å². The number of Topliss-reactive ketones (excluding diaryl/α,β-unsaturated/α-hetero) is 1. The molecule has 0 fully saturated rings. The maximum absolute atomic E-state index is 12.0. The average molecular weight is 328 g/mol. The van der Waals surface area contributed by atoms with Gasteiger partial charge in [0.15, 0.2) is 5.78 Å². The molecule has 1 aromatic carbocycles. The molecule has 0 saturated heterocycles. The van der Waals surface area contributed by atoms with Crippen molar-refractivity contribution >= 4 is 15.9 Å². The van der Waals surface area contributed by atoms with E-state index in [1.165, 1.54) is 12.1 Å². The third kappa shape index (κ3) is 6.58. The Hall–Kier alpha value is -1.40. The number of hydrogen-bond acceptors (Lipinski definition) is 5. The summed E-state index contributed by atoms with van der Waals surface area (Å²) in [4.78, 5) is 11.6. The van der Waals surface area contributed by atoms with Crippen LogP contribution in [0.25, 0.3) is 0 Å². The van der Waals surface area contributed by atoms with Gasteiger partial charge in [0.05, 0.1) is 11.5 Å². The van der Waals surface area contributed by atoms with Gasteiger partial charge in [-0.2, -0.15) is 8.42 Å². The molecule has 0 heterocycles. The van der Waals surface area contributed by atoms with E-state index in [2.05, 4.69) is 6.92 Å². The van der Waals surface area contributed by atoms with Crippen LogP contribution >= 0.6 is 0 Å². The van der Waals surface area contributed by atoms with Gasteiger partial charge in [0.1, 0.15) is 12.4 Å². The third-order valence-corrected chi connectivity index (χ3v) is 4.39. The van der Waals surface area contributed by atoms with Crippen LogP contribution in [0.4, 0.5) is 0 Å². The van der Waals surface area contributed by atoms with Gasteiger partial charge in [-0.25, -0.2) is 0 Å². The van der Waals surface area contributed by atoms with Crippen molar-refractivity contribution in [2.24, 2.45) is 0 Å². The molecule has 0 aromatic heterocycles. The van der Waals surface area contributed by atoms with Crippen molar-refractivity contribution in [3.05, 3.63) is 24.3 Å². The Morgan fingerprint density at radius 3 is 2.32 bits per heavy atom. The number of carbonyl (C=O) groups is 1. The van der Waals surface area contributed by atoms with E-state index in [1.54, 1.807) is 12.1 Å². The van der Waals surface area contributed by atoms with Crippen LogP contribution in [0.5, 0.6) is 5.75 Å². The first-order valence-corrected chi connectivity index (χ1v) is 9.04. The summed E-state index contributed by atoms with van der Waals surface area (Å²) in [5.41, 5.74) is 0. The SMILES string of the molecule is CCCCCCC(=O)COS(=O)(=O)c1ccc(OCC)cc1. The first kappa shape index (κ1) is 18.6. The van der Waals surface area contributed by atoms with Gasteiger partial charge >= 0.3 is 0 Å². The Balaban J connectivity index is 2.47. The zero-order chi connectivity index (χ0) is 16.4. The molecule has 6 heteroatoms. The lowest BCUT2D eigenvalue weighted by Crippen LogP contribution is -2.14. The number of hydrogen-bond donors (Lipinski definition) is 0. The molecule has 0 radical (unpaired) electrons. The molecule has 5 nitrogen and oxygen atoms in total. The molecule has 1 aromatic rings. The summed E-state index contributed by atoms with van der Waals surface area (Å²) in [5.74, 6) is 0.402. The smallest absolute Gasteiger partial charge is 0.297 e. The molecule has 1 rings (SSSR count). The van der Waals surface area contributed by atoms with Crippen molar-refractivity contribution in [1.82, 2.24) is 0 Å². The summed E-state index contributed by atoms with van der Waals surface area (Å²) in [6, 6.07) is 5.94. The predicted molar refractivity (Wildman–Crippen MR) is 84.5 cm³/mol. The summed E-state index contributed by atoms with van der Waals surface area (Å²) in [6.45, 7) is 4.05. The molecule has 0 atom stereocenters. The maximum atomic E-state index is 12.0. The van der Waals surface area contributed by atoms with Gasteiger partial charge in [-0.15, -0.1) is 0 Å². The second-order valence-corrected chi connectivity index (χ2v) is 6.59. The Morgan fingerprint density at radius 2 is 1.73 bits per heavy atom. The standard InChI is InChI=1S/C16H24O5S/c1-3-5-6-7-8-14(17)13-21-22(18,19)16-11-9-15(10-12-16)20-4-2/h9-12H,3-8,13H2,1-2H3. The Bertz CT molecular complexity index is 548. The van der Waals surface area contributed by atoms with Gasteiger partial charge < -0.3 is 4.74 Å². The van der Waals surface area contributed by atoms with E-state index in [4.69, 9.17) is 8.92 Å². The minimum absolute atomic E-state index is 0.0229. The van der Waals surface area contributed by atoms with Crippen LogP contribution in [0.1, 0.15) is 46.0 Å². The van der Waals surface area contributed by atoms with Gasteiger partial charge in [-0.3, -0.25) is 8.98 Å². The molecule has 0 bridgehead atoms. The van der Waals surface area contributed by atoms with E-state index in [0.29, 0.717) is 18.8 Å². The van der Waals surface area contributed by atoms with E-state index < -0.39 is 16.7 Å². The zero-order valence-electron chi connectivity index (χ0n) is 13.2. The molecule has 0 amide bonds. The van der Waals surface area contributed by atoms with Crippen molar-refractivity contribution in [3.8, 4) is 5.75 Å². The van der Waals surface area contributed by atoms with Gasteiger partial charge in [0, 0.05) is 6.42 Å². The Labute approximate surface area is 132 Å². The van der Waals surface area contributed by atoms with Gasteiger partial charge in [-0.1, -0.05) is 26.2 Å². The lowest BCUT2D eigenvalue weighted by Gasteiger charge is -2.07. The predicted octanol–water partition coefficient (Wildman–Crippen LogP) is 3.33. The van der Waals surface area contributed by atoms with Crippen molar-refractivity contribution < 1.29 is 22.1 Å². The first-order chi connectivity index (χ1) is 10.5. The van der Waals surface area contributed by atoms with Crippen molar-refractivity contribution in [3.63, 3.8) is 0 Å². The highest BCUT2D eigenvalue weighted by molar-refractivity contribution is 7.86. The lowest BCUT2D eigenvalue weighted by molar-refractivity contribution is -0.121. The molecule has 0 spiro atoms. The van der Waals surface area contributed by atoms with E-state index in [-0.39, 0.29) is 10.7 Å². The quantitative estimate of drug-likeness (QED) is 0.460. The zero-order valence-corrected chi connectivity index (χ0v) is 14.0. The van der Waals surface area contributed by atoms with Crippen molar-refractivity contribution in [2.45, 2.75) is 50.8 Å². The highest BCUT2D eigenvalue weighted by Crippen LogP contribution is 2.18. The second-order valence-electron chi connectivity index (χ2n) is 4.97. The number of rotatable bonds is 11. The Kier molecular flexibility index (Phi) is 8.12. The molecule has 0 unspecified atom stereocenters. The number of carbonyl (C=O) groups excluding carboxylic acids is 1. The highest BCUT2D eigenvalue weighted by Gasteiger charge is 2.17. The van der Waals surface area contributed by atoms with Gasteiger partial charge in [-0.05, 0) is 37.6 Å². The van der Waals surface area contributed by atoms with Gasteiger partial charge in [0.25, 0.3) is 10.1 Å². The maximum Gasteiger partial charge on any atom is 0.297 e. The summed E-state index contributed by atoms with van der Waals surface area (Å²) in [5, 5.41) is 0. The number of ether oxygens (including phenoxy) is 1. The number of benzene rings is 1. The summed E-state index contributed by atoms with van der Waals surface area (Å²) in [7, 11) is -3.90.